The maximum atomic E-state index is 12.9. The molecule has 2 aliphatic rings. The Balaban J connectivity index is 1.44. The van der Waals surface area contributed by atoms with Crippen molar-refractivity contribution in [1.29, 1.82) is 0 Å². The second kappa shape index (κ2) is 7.31. The fraction of sp³-hybridized carbons (Fsp3) is 0.333. The number of benzene rings is 2. The molecule has 2 amide bonds. The summed E-state index contributed by atoms with van der Waals surface area (Å²) in [7, 11) is 0. The Hall–Kier alpha value is -3.02. The summed E-state index contributed by atoms with van der Waals surface area (Å²) in [6.07, 6.45) is 0.758. The van der Waals surface area contributed by atoms with Gasteiger partial charge in [-0.05, 0) is 43.7 Å². The fourth-order valence-corrected chi connectivity index (χ4v) is 3.50. The predicted octanol–water partition coefficient (Wildman–Crippen LogP) is 2.71. The Bertz CT molecular complexity index is 880. The molecule has 4 rings (SSSR count). The second-order valence-corrected chi connectivity index (χ2v) is 6.88. The number of amides is 2. The summed E-state index contributed by atoms with van der Waals surface area (Å²) in [6, 6.07) is 12.9. The van der Waals surface area contributed by atoms with E-state index in [1.165, 1.54) is 0 Å². The Labute approximate surface area is 158 Å². The lowest BCUT2D eigenvalue weighted by Gasteiger charge is -2.22. The largest absolute Gasteiger partial charge is 0.454 e. The van der Waals surface area contributed by atoms with E-state index in [1.54, 1.807) is 23.1 Å². The molecule has 2 aliphatic heterocycles. The zero-order chi connectivity index (χ0) is 18.8. The van der Waals surface area contributed by atoms with Crippen LogP contribution in [0.2, 0.25) is 0 Å². The average Bonchev–Trinajstić information content (AvgIpc) is 3.01. The van der Waals surface area contributed by atoms with Gasteiger partial charge in [-0.25, -0.2) is 0 Å². The van der Waals surface area contributed by atoms with E-state index >= 15 is 0 Å². The molecule has 0 unspecified atom stereocenters. The van der Waals surface area contributed by atoms with Crippen LogP contribution in [0, 0.1) is 6.92 Å². The van der Waals surface area contributed by atoms with Gasteiger partial charge in [0.1, 0.15) is 0 Å². The molecule has 0 radical (unpaired) electrons. The number of rotatable bonds is 2. The first-order valence-electron chi connectivity index (χ1n) is 9.17. The van der Waals surface area contributed by atoms with Gasteiger partial charge in [0.05, 0.1) is 0 Å². The number of hydrogen-bond donors (Lipinski definition) is 0. The van der Waals surface area contributed by atoms with Crippen molar-refractivity contribution in [2.75, 3.05) is 33.0 Å². The molecule has 2 aromatic carbocycles. The maximum absolute atomic E-state index is 12.9. The van der Waals surface area contributed by atoms with E-state index in [2.05, 4.69) is 0 Å². The summed E-state index contributed by atoms with van der Waals surface area (Å²) in [6.45, 7) is 4.49. The van der Waals surface area contributed by atoms with Gasteiger partial charge in [-0.2, -0.15) is 0 Å². The van der Waals surface area contributed by atoms with Crippen LogP contribution in [0.25, 0.3) is 0 Å². The lowest BCUT2D eigenvalue weighted by atomic mass is 10.1. The first kappa shape index (κ1) is 17.4. The SMILES string of the molecule is Cc1cccc(C(=O)N2CCCN(C(=O)c3ccc4c(c3)OCO4)CC2)c1. The fourth-order valence-electron chi connectivity index (χ4n) is 3.50. The molecule has 0 bridgehead atoms. The van der Waals surface area contributed by atoms with Crippen molar-refractivity contribution in [3.8, 4) is 11.5 Å². The summed E-state index contributed by atoms with van der Waals surface area (Å²) in [5.74, 6) is 1.25. The molecule has 2 heterocycles. The van der Waals surface area contributed by atoms with Crippen molar-refractivity contribution in [2.45, 2.75) is 13.3 Å². The van der Waals surface area contributed by atoms with Gasteiger partial charge >= 0.3 is 0 Å². The van der Waals surface area contributed by atoms with Crippen LogP contribution in [-0.4, -0.2) is 54.6 Å². The van der Waals surface area contributed by atoms with Crippen LogP contribution in [0.3, 0.4) is 0 Å². The highest BCUT2D eigenvalue weighted by atomic mass is 16.7. The Morgan fingerprint density at radius 1 is 0.815 bits per heavy atom. The quantitative estimate of drug-likeness (QED) is 0.820. The van der Waals surface area contributed by atoms with Crippen LogP contribution in [0.5, 0.6) is 11.5 Å². The van der Waals surface area contributed by atoms with E-state index in [-0.39, 0.29) is 18.6 Å². The number of carbonyl (C=O) groups is 2. The third-order valence-corrected chi connectivity index (χ3v) is 4.95. The van der Waals surface area contributed by atoms with Gasteiger partial charge in [-0.1, -0.05) is 17.7 Å². The molecule has 27 heavy (non-hydrogen) atoms. The van der Waals surface area contributed by atoms with Gasteiger partial charge < -0.3 is 19.3 Å². The molecule has 0 aromatic heterocycles. The Morgan fingerprint density at radius 3 is 2.19 bits per heavy atom. The molecule has 1 saturated heterocycles. The number of fused-ring (bicyclic) bond motifs is 1. The van der Waals surface area contributed by atoms with Crippen molar-refractivity contribution < 1.29 is 19.1 Å². The van der Waals surface area contributed by atoms with E-state index in [0.29, 0.717) is 48.8 Å². The molecule has 140 valence electrons. The number of hydrogen-bond acceptors (Lipinski definition) is 4. The van der Waals surface area contributed by atoms with Crippen molar-refractivity contribution >= 4 is 11.8 Å². The molecule has 6 heteroatoms. The lowest BCUT2D eigenvalue weighted by molar-refractivity contribution is 0.0718. The molecule has 0 spiro atoms. The molecule has 0 N–H and O–H groups in total. The number of nitrogens with zero attached hydrogens (tertiary/aromatic N) is 2. The van der Waals surface area contributed by atoms with Crippen LogP contribution < -0.4 is 9.47 Å². The normalized spacial score (nSPS) is 16.2. The van der Waals surface area contributed by atoms with Crippen molar-refractivity contribution in [2.24, 2.45) is 0 Å². The first-order chi connectivity index (χ1) is 13.1. The van der Waals surface area contributed by atoms with Crippen LogP contribution >= 0.6 is 0 Å². The van der Waals surface area contributed by atoms with Crippen LogP contribution in [0.4, 0.5) is 0 Å². The summed E-state index contributed by atoms with van der Waals surface area (Å²) in [5, 5.41) is 0. The van der Waals surface area contributed by atoms with E-state index in [4.69, 9.17) is 9.47 Å². The Kier molecular flexibility index (Phi) is 4.71. The third-order valence-electron chi connectivity index (χ3n) is 4.95. The van der Waals surface area contributed by atoms with Gasteiger partial charge in [-0.15, -0.1) is 0 Å². The molecule has 0 saturated carbocycles. The van der Waals surface area contributed by atoms with Crippen LogP contribution in [-0.2, 0) is 0 Å². The minimum atomic E-state index is -0.0434. The summed E-state index contributed by atoms with van der Waals surface area (Å²) >= 11 is 0. The van der Waals surface area contributed by atoms with E-state index in [1.807, 2.05) is 36.1 Å². The number of aryl methyl sites for hydroxylation is 1. The zero-order valence-electron chi connectivity index (χ0n) is 15.3. The monoisotopic (exact) mass is 366 g/mol. The van der Waals surface area contributed by atoms with E-state index < -0.39 is 0 Å². The molecular formula is C21H22N2O4. The highest BCUT2D eigenvalue weighted by molar-refractivity contribution is 5.96. The summed E-state index contributed by atoms with van der Waals surface area (Å²) in [4.78, 5) is 29.3. The molecule has 2 aromatic rings. The zero-order valence-corrected chi connectivity index (χ0v) is 15.3. The van der Waals surface area contributed by atoms with Gasteiger partial charge in [0.25, 0.3) is 11.8 Å². The summed E-state index contributed by atoms with van der Waals surface area (Å²) < 4.78 is 10.7. The van der Waals surface area contributed by atoms with Crippen LogP contribution in [0.15, 0.2) is 42.5 Å². The smallest absolute Gasteiger partial charge is 0.254 e. The highest BCUT2D eigenvalue weighted by Gasteiger charge is 2.25. The molecule has 1 fully saturated rings. The topological polar surface area (TPSA) is 59.1 Å². The predicted molar refractivity (Wildman–Crippen MR) is 100 cm³/mol. The van der Waals surface area contributed by atoms with Crippen LogP contribution in [0.1, 0.15) is 32.7 Å². The number of ether oxygens (including phenoxy) is 2. The maximum Gasteiger partial charge on any atom is 0.254 e. The molecule has 0 aliphatic carbocycles. The average molecular weight is 366 g/mol. The lowest BCUT2D eigenvalue weighted by Crippen LogP contribution is -2.37. The molecular weight excluding hydrogens is 344 g/mol. The van der Waals surface area contributed by atoms with Gasteiger partial charge in [0, 0.05) is 37.3 Å². The van der Waals surface area contributed by atoms with Gasteiger partial charge in [0.15, 0.2) is 11.5 Å². The highest BCUT2D eigenvalue weighted by Crippen LogP contribution is 2.32. The molecule has 0 atom stereocenters. The van der Waals surface area contributed by atoms with Gasteiger partial charge in [0.2, 0.25) is 6.79 Å². The first-order valence-corrected chi connectivity index (χ1v) is 9.17. The van der Waals surface area contributed by atoms with E-state index in [0.717, 1.165) is 12.0 Å². The molecule has 6 nitrogen and oxygen atoms in total. The standard InChI is InChI=1S/C21H22N2O4/c1-15-4-2-5-16(12-15)20(24)22-8-3-9-23(11-10-22)21(25)17-6-7-18-19(13-17)27-14-26-18/h2,4-7,12-13H,3,8-11,14H2,1H3. The summed E-state index contributed by atoms with van der Waals surface area (Å²) in [5.41, 5.74) is 2.35. The van der Waals surface area contributed by atoms with Crippen molar-refractivity contribution in [1.82, 2.24) is 9.80 Å². The minimum absolute atomic E-state index is 0.0241. The van der Waals surface area contributed by atoms with Crippen molar-refractivity contribution in [3.05, 3.63) is 59.2 Å². The minimum Gasteiger partial charge on any atom is -0.454 e. The third kappa shape index (κ3) is 3.60. The number of carbonyl (C=O) groups excluding carboxylic acids is 2. The van der Waals surface area contributed by atoms with Crippen molar-refractivity contribution in [3.63, 3.8) is 0 Å². The van der Waals surface area contributed by atoms with E-state index in [9.17, 15) is 9.59 Å². The van der Waals surface area contributed by atoms with Gasteiger partial charge in [-0.3, -0.25) is 9.59 Å². The second-order valence-electron chi connectivity index (χ2n) is 6.88. The Morgan fingerprint density at radius 2 is 1.48 bits per heavy atom.